The van der Waals surface area contributed by atoms with E-state index in [0.717, 1.165) is 54.1 Å². The van der Waals surface area contributed by atoms with Gasteiger partial charge >= 0.3 is 6.03 Å². The number of nitrogens with zero attached hydrogens (tertiary/aromatic N) is 4. The number of urea groups is 1. The van der Waals surface area contributed by atoms with E-state index in [2.05, 4.69) is 10.4 Å². The summed E-state index contributed by atoms with van der Waals surface area (Å²) in [4.78, 5) is 19.6. The highest BCUT2D eigenvalue weighted by Gasteiger charge is 2.21. The minimum Gasteiger partial charge on any atom is -0.308 e. The van der Waals surface area contributed by atoms with E-state index in [4.69, 9.17) is 4.98 Å². The Hall–Kier alpha value is -3.15. The maximum absolute atomic E-state index is 13.2. The van der Waals surface area contributed by atoms with E-state index in [1.54, 1.807) is 4.90 Å². The highest BCUT2D eigenvalue weighted by Crippen LogP contribution is 2.21. The lowest BCUT2D eigenvalue weighted by Crippen LogP contribution is -2.35. The summed E-state index contributed by atoms with van der Waals surface area (Å²) in [6, 6.07) is 15.6. The molecule has 4 rings (SSSR count). The lowest BCUT2D eigenvalue weighted by Gasteiger charge is -2.22. The molecule has 0 atom stereocenters. The maximum Gasteiger partial charge on any atom is 0.326 e. The molecule has 2 heterocycles. The molecule has 6 nitrogen and oxygen atoms in total. The topological polar surface area (TPSA) is 63.1 Å². The van der Waals surface area contributed by atoms with E-state index in [1.165, 1.54) is 6.42 Å². The molecular weight excluding hydrogens is 362 g/mol. The van der Waals surface area contributed by atoms with E-state index in [-0.39, 0.29) is 6.03 Å². The molecule has 2 aromatic carbocycles. The second kappa shape index (κ2) is 8.47. The molecule has 2 amide bonds. The molecule has 29 heavy (non-hydrogen) atoms. The van der Waals surface area contributed by atoms with Crippen molar-refractivity contribution in [1.82, 2.24) is 14.8 Å². The van der Waals surface area contributed by atoms with Crippen LogP contribution in [0.15, 0.2) is 48.5 Å². The van der Waals surface area contributed by atoms with Gasteiger partial charge in [0.25, 0.3) is 0 Å². The molecular formula is C23H27N5O. The SMILES string of the molecule is Cc1ccc(NC(=O)N(Cc2nc3n(n2)CCCCC3)c2cccc(C)c2)cc1. The highest BCUT2D eigenvalue weighted by atomic mass is 16.2. The first kappa shape index (κ1) is 19.2. The van der Waals surface area contributed by atoms with Crippen LogP contribution in [0.1, 0.15) is 42.0 Å². The van der Waals surface area contributed by atoms with Crippen LogP contribution in [0.4, 0.5) is 16.2 Å². The summed E-state index contributed by atoms with van der Waals surface area (Å²) in [5.41, 5.74) is 3.86. The predicted molar refractivity (Wildman–Crippen MR) is 115 cm³/mol. The number of rotatable bonds is 4. The molecule has 0 saturated carbocycles. The second-order valence-electron chi connectivity index (χ2n) is 7.70. The first-order chi connectivity index (χ1) is 14.1. The van der Waals surface area contributed by atoms with Gasteiger partial charge in [-0.25, -0.2) is 14.5 Å². The fraction of sp³-hybridized carbons (Fsp3) is 0.348. The van der Waals surface area contributed by atoms with Crippen molar-refractivity contribution in [3.63, 3.8) is 0 Å². The first-order valence-electron chi connectivity index (χ1n) is 10.2. The summed E-state index contributed by atoms with van der Waals surface area (Å²) >= 11 is 0. The lowest BCUT2D eigenvalue weighted by atomic mass is 10.2. The Morgan fingerprint density at radius 2 is 1.90 bits per heavy atom. The Morgan fingerprint density at radius 3 is 2.69 bits per heavy atom. The molecule has 0 unspecified atom stereocenters. The van der Waals surface area contributed by atoms with Crippen LogP contribution in [0.3, 0.4) is 0 Å². The van der Waals surface area contributed by atoms with Crippen molar-refractivity contribution in [3.05, 3.63) is 71.3 Å². The molecule has 0 saturated heterocycles. The molecule has 3 aromatic rings. The van der Waals surface area contributed by atoms with Crippen molar-refractivity contribution < 1.29 is 4.79 Å². The maximum atomic E-state index is 13.2. The van der Waals surface area contributed by atoms with Gasteiger partial charge in [-0.3, -0.25) is 4.90 Å². The van der Waals surface area contributed by atoms with E-state index in [9.17, 15) is 4.79 Å². The van der Waals surface area contributed by atoms with Gasteiger partial charge in [-0.05, 0) is 56.5 Å². The van der Waals surface area contributed by atoms with Gasteiger partial charge in [0.1, 0.15) is 5.82 Å². The van der Waals surface area contributed by atoms with Crippen molar-refractivity contribution in [3.8, 4) is 0 Å². The van der Waals surface area contributed by atoms with Crippen molar-refractivity contribution in [2.75, 3.05) is 10.2 Å². The number of nitrogens with one attached hydrogen (secondary N) is 1. The minimum atomic E-state index is -0.190. The van der Waals surface area contributed by atoms with Gasteiger partial charge in [0.05, 0.1) is 6.54 Å². The van der Waals surface area contributed by atoms with Crippen LogP contribution >= 0.6 is 0 Å². The average molecular weight is 390 g/mol. The molecule has 1 N–H and O–H groups in total. The number of amides is 2. The Bertz CT molecular complexity index is 969. The van der Waals surface area contributed by atoms with Crippen LogP contribution in [0.25, 0.3) is 0 Å². The fourth-order valence-corrected chi connectivity index (χ4v) is 3.62. The molecule has 0 aliphatic carbocycles. The van der Waals surface area contributed by atoms with Gasteiger partial charge in [0, 0.05) is 24.3 Å². The van der Waals surface area contributed by atoms with Crippen LogP contribution < -0.4 is 10.2 Å². The lowest BCUT2D eigenvalue weighted by molar-refractivity contribution is 0.256. The summed E-state index contributed by atoms with van der Waals surface area (Å²) in [7, 11) is 0. The summed E-state index contributed by atoms with van der Waals surface area (Å²) < 4.78 is 2.01. The minimum absolute atomic E-state index is 0.190. The predicted octanol–water partition coefficient (Wildman–Crippen LogP) is 4.86. The second-order valence-corrected chi connectivity index (χ2v) is 7.70. The Morgan fingerprint density at radius 1 is 1.07 bits per heavy atom. The number of fused-ring (bicyclic) bond motifs is 1. The van der Waals surface area contributed by atoms with Gasteiger partial charge in [0.2, 0.25) is 0 Å². The molecule has 6 heteroatoms. The van der Waals surface area contributed by atoms with Crippen molar-refractivity contribution >= 4 is 17.4 Å². The molecule has 150 valence electrons. The molecule has 1 aromatic heterocycles. The Labute approximate surface area is 171 Å². The summed E-state index contributed by atoms with van der Waals surface area (Å²) in [6.45, 7) is 5.29. The number of aromatic nitrogens is 3. The van der Waals surface area contributed by atoms with Crippen molar-refractivity contribution in [2.24, 2.45) is 0 Å². The molecule has 1 aliphatic rings. The molecule has 0 bridgehead atoms. The van der Waals surface area contributed by atoms with E-state index in [0.29, 0.717) is 12.4 Å². The zero-order valence-electron chi connectivity index (χ0n) is 17.1. The third-order valence-corrected chi connectivity index (χ3v) is 5.22. The zero-order valence-corrected chi connectivity index (χ0v) is 17.1. The van der Waals surface area contributed by atoms with Crippen molar-refractivity contribution in [2.45, 2.75) is 52.6 Å². The summed E-state index contributed by atoms with van der Waals surface area (Å²) in [5.74, 6) is 1.71. The normalized spacial score (nSPS) is 13.4. The van der Waals surface area contributed by atoms with Crippen LogP contribution in [-0.2, 0) is 19.5 Å². The quantitative estimate of drug-likeness (QED) is 0.693. The zero-order chi connectivity index (χ0) is 20.2. The number of hydrogen-bond acceptors (Lipinski definition) is 3. The van der Waals surface area contributed by atoms with Gasteiger partial charge in [0.15, 0.2) is 5.82 Å². The van der Waals surface area contributed by atoms with E-state index >= 15 is 0 Å². The molecule has 0 fully saturated rings. The standard InChI is InChI=1S/C23H27N5O/c1-17-10-12-19(13-11-17)24-23(29)27(20-8-6-7-18(2)15-20)16-21-25-22-9-4-3-5-14-28(22)26-21/h6-8,10-13,15H,3-5,9,14,16H2,1-2H3,(H,24,29). The van der Waals surface area contributed by atoms with E-state index < -0.39 is 0 Å². The largest absolute Gasteiger partial charge is 0.326 e. The number of carbonyl (C=O) groups excluding carboxylic acids is 1. The third kappa shape index (κ3) is 4.65. The number of hydrogen-bond donors (Lipinski definition) is 1. The monoisotopic (exact) mass is 389 g/mol. The number of aryl methyl sites for hydroxylation is 4. The van der Waals surface area contributed by atoms with Crippen LogP contribution in [0, 0.1) is 13.8 Å². The Kier molecular flexibility index (Phi) is 5.60. The molecule has 1 aliphatic heterocycles. The van der Waals surface area contributed by atoms with Gasteiger partial charge in [-0.15, -0.1) is 0 Å². The fourth-order valence-electron chi connectivity index (χ4n) is 3.62. The average Bonchev–Trinajstić information content (AvgIpc) is 2.96. The molecule has 0 radical (unpaired) electrons. The Balaban J connectivity index is 1.60. The van der Waals surface area contributed by atoms with Crippen LogP contribution in [-0.4, -0.2) is 20.8 Å². The highest BCUT2D eigenvalue weighted by molar-refractivity contribution is 6.01. The molecule has 0 spiro atoms. The van der Waals surface area contributed by atoms with Gasteiger partial charge in [-0.1, -0.05) is 36.2 Å². The number of benzene rings is 2. The van der Waals surface area contributed by atoms with Crippen molar-refractivity contribution in [1.29, 1.82) is 0 Å². The van der Waals surface area contributed by atoms with Gasteiger partial charge in [-0.2, -0.15) is 5.10 Å². The summed E-state index contributed by atoms with van der Waals surface area (Å²) in [6.07, 6.45) is 4.45. The van der Waals surface area contributed by atoms with Gasteiger partial charge < -0.3 is 5.32 Å². The van der Waals surface area contributed by atoms with E-state index in [1.807, 2.05) is 67.1 Å². The van der Waals surface area contributed by atoms with Crippen LogP contribution in [0.2, 0.25) is 0 Å². The van der Waals surface area contributed by atoms with Crippen LogP contribution in [0.5, 0.6) is 0 Å². The smallest absolute Gasteiger partial charge is 0.308 e. The number of anilines is 2. The first-order valence-corrected chi connectivity index (χ1v) is 10.2. The summed E-state index contributed by atoms with van der Waals surface area (Å²) in [5, 5.41) is 7.69. The number of carbonyl (C=O) groups is 1. The third-order valence-electron chi connectivity index (χ3n) is 5.22.